The summed E-state index contributed by atoms with van der Waals surface area (Å²) in [6.45, 7) is 3.99. The molecule has 0 unspecified atom stereocenters. The average Bonchev–Trinajstić information content (AvgIpc) is 2.63. The minimum atomic E-state index is -0.751. The van der Waals surface area contributed by atoms with Gasteiger partial charge in [0.2, 0.25) is 11.8 Å². The molecule has 2 rings (SSSR count). The molecule has 7 heteroatoms. The van der Waals surface area contributed by atoms with Gasteiger partial charge in [-0.05, 0) is 37.6 Å². The summed E-state index contributed by atoms with van der Waals surface area (Å²) < 4.78 is 14.1. The Morgan fingerprint density at radius 1 is 1.11 bits per heavy atom. The summed E-state index contributed by atoms with van der Waals surface area (Å²) in [4.78, 5) is 26.7. The van der Waals surface area contributed by atoms with Crippen LogP contribution in [0.15, 0.2) is 42.5 Å². The van der Waals surface area contributed by atoms with Gasteiger partial charge in [-0.1, -0.05) is 47.5 Å². The number of carbonyl (C=O) groups is 2. The summed E-state index contributed by atoms with van der Waals surface area (Å²) in [7, 11) is 0. The van der Waals surface area contributed by atoms with E-state index in [0.717, 1.165) is 0 Å². The molecule has 144 valence electrons. The maximum Gasteiger partial charge on any atom is 0.242 e. The highest BCUT2D eigenvalue weighted by Gasteiger charge is 2.27. The summed E-state index contributed by atoms with van der Waals surface area (Å²) in [5.74, 6) is -1.27. The van der Waals surface area contributed by atoms with E-state index in [1.165, 1.54) is 23.1 Å². The van der Waals surface area contributed by atoms with Crippen molar-refractivity contribution in [1.82, 2.24) is 10.2 Å². The lowest BCUT2D eigenvalue weighted by molar-refractivity contribution is -0.140. The molecular formula is C20H21Cl2FN2O2. The Morgan fingerprint density at radius 2 is 1.78 bits per heavy atom. The Bertz CT molecular complexity index is 809. The van der Waals surface area contributed by atoms with Crippen LogP contribution in [-0.2, 0) is 22.6 Å². The number of carbonyl (C=O) groups excluding carboxylic acids is 2. The summed E-state index contributed by atoms with van der Waals surface area (Å²) in [6, 6.07) is 10.6. The Kier molecular flexibility index (Phi) is 7.63. The number of benzene rings is 2. The molecule has 2 aromatic rings. The van der Waals surface area contributed by atoms with Gasteiger partial charge in [0.05, 0.1) is 6.42 Å². The molecule has 4 nitrogen and oxygen atoms in total. The fraction of sp³-hybridized carbons (Fsp3) is 0.300. The van der Waals surface area contributed by atoms with Gasteiger partial charge in [-0.15, -0.1) is 0 Å². The van der Waals surface area contributed by atoms with Crippen LogP contribution in [-0.4, -0.2) is 29.3 Å². The highest BCUT2D eigenvalue weighted by molar-refractivity contribution is 6.31. The standard InChI is InChI=1S/C20H21Cl2FN2O2/c1-3-24-20(27)13(2)25(12-14-7-4-5-8-16(14)21)19(26)11-15-17(22)9-6-10-18(15)23/h4-10,13H,3,11-12H2,1-2H3,(H,24,27)/t13-/m1/s1. The maximum atomic E-state index is 14.1. The lowest BCUT2D eigenvalue weighted by atomic mass is 10.1. The molecule has 0 aliphatic carbocycles. The smallest absolute Gasteiger partial charge is 0.242 e. The first-order valence-electron chi connectivity index (χ1n) is 8.58. The maximum absolute atomic E-state index is 14.1. The van der Waals surface area contributed by atoms with Crippen LogP contribution in [0.1, 0.15) is 25.0 Å². The lowest BCUT2D eigenvalue weighted by Gasteiger charge is -2.29. The van der Waals surface area contributed by atoms with Gasteiger partial charge in [0.25, 0.3) is 0 Å². The van der Waals surface area contributed by atoms with Gasteiger partial charge in [-0.25, -0.2) is 4.39 Å². The highest BCUT2D eigenvalue weighted by atomic mass is 35.5. The van der Waals surface area contributed by atoms with Gasteiger partial charge in [0.15, 0.2) is 0 Å². The normalized spacial score (nSPS) is 11.7. The van der Waals surface area contributed by atoms with Gasteiger partial charge in [-0.2, -0.15) is 0 Å². The summed E-state index contributed by atoms with van der Waals surface area (Å²) in [6.07, 6.45) is -0.250. The van der Waals surface area contributed by atoms with E-state index in [2.05, 4.69) is 5.32 Å². The second kappa shape index (κ2) is 9.72. The van der Waals surface area contributed by atoms with Crippen molar-refractivity contribution < 1.29 is 14.0 Å². The molecule has 0 aliphatic rings. The Balaban J connectivity index is 2.31. The molecule has 0 saturated heterocycles. The molecule has 0 radical (unpaired) electrons. The molecule has 0 spiro atoms. The quantitative estimate of drug-likeness (QED) is 0.742. The number of hydrogen-bond donors (Lipinski definition) is 1. The third-order valence-electron chi connectivity index (χ3n) is 4.21. The van der Waals surface area contributed by atoms with E-state index in [9.17, 15) is 14.0 Å². The van der Waals surface area contributed by atoms with Crippen molar-refractivity contribution in [2.45, 2.75) is 32.9 Å². The molecule has 1 atom stereocenters. The van der Waals surface area contributed by atoms with Crippen LogP contribution in [0.5, 0.6) is 0 Å². The third-order valence-corrected chi connectivity index (χ3v) is 4.93. The van der Waals surface area contributed by atoms with Crippen LogP contribution in [0, 0.1) is 5.82 Å². The van der Waals surface area contributed by atoms with Gasteiger partial charge < -0.3 is 10.2 Å². The van der Waals surface area contributed by atoms with Crippen molar-refractivity contribution in [1.29, 1.82) is 0 Å². The van der Waals surface area contributed by atoms with E-state index in [0.29, 0.717) is 17.1 Å². The van der Waals surface area contributed by atoms with Crippen molar-refractivity contribution >= 4 is 35.0 Å². The van der Waals surface area contributed by atoms with E-state index in [1.807, 2.05) is 0 Å². The van der Waals surface area contributed by atoms with Crippen LogP contribution >= 0.6 is 23.2 Å². The van der Waals surface area contributed by atoms with Crippen LogP contribution in [0.4, 0.5) is 4.39 Å². The molecule has 0 saturated carbocycles. The molecular weight excluding hydrogens is 390 g/mol. The minimum absolute atomic E-state index is 0.108. The van der Waals surface area contributed by atoms with Crippen LogP contribution < -0.4 is 5.32 Å². The first kappa shape index (κ1) is 21.2. The molecule has 27 heavy (non-hydrogen) atoms. The number of rotatable bonds is 7. The topological polar surface area (TPSA) is 49.4 Å². The zero-order chi connectivity index (χ0) is 20.0. The molecule has 2 aromatic carbocycles. The predicted molar refractivity (Wildman–Crippen MR) is 105 cm³/mol. The van der Waals surface area contributed by atoms with Crippen LogP contribution in [0.2, 0.25) is 10.0 Å². The third kappa shape index (κ3) is 5.44. The number of nitrogens with one attached hydrogen (secondary N) is 1. The van der Waals surface area contributed by atoms with Gasteiger partial charge in [0.1, 0.15) is 11.9 Å². The van der Waals surface area contributed by atoms with E-state index in [4.69, 9.17) is 23.2 Å². The summed E-state index contributed by atoms with van der Waals surface area (Å²) in [5.41, 5.74) is 0.805. The van der Waals surface area contributed by atoms with Gasteiger partial charge in [-0.3, -0.25) is 9.59 Å². The second-order valence-corrected chi connectivity index (χ2v) is 6.87. The SMILES string of the molecule is CCNC(=O)[C@@H](C)N(Cc1ccccc1Cl)C(=O)Cc1c(F)cccc1Cl. The number of hydrogen-bond acceptors (Lipinski definition) is 2. The van der Waals surface area contributed by atoms with E-state index in [1.54, 1.807) is 38.1 Å². The molecule has 0 heterocycles. The molecule has 0 aliphatic heterocycles. The van der Waals surface area contributed by atoms with Crippen molar-refractivity contribution in [3.05, 3.63) is 69.5 Å². The fourth-order valence-corrected chi connectivity index (χ4v) is 3.09. The number of likely N-dealkylation sites (N-methyl/N-ethyl adjacent to an activating group) is 1. The monoisotopic (exact) mass is 410 g/mol. The highest BCUT2D eigenvalue weighted by Crippen LogP contribution is 2.23. The van der Waals surface area contributed by atoms with E-state index < -0.39 is 17.8 Å². The Morgan fingerprint density at radius 3 is 2.41 bits per heavy atom. The zero-order valence-corrected chi connectivity index (χ0v) is 16.6. The average molecular weight is 411 g/mol. The van der Waals surface area contributed by atoms with Crippen LogP contribution in [0.3, 0.4) is 0 Å². The molecule has 2 amide bonds. The largest absolute Gasteiger partial charge is 0.355 e. The lowest BCUT2D eigenvalue weighted by Crippen LogP contribution is -2.48. The summed E-state index contributed by atoms with van der Waals surface area (Å²) >= 11 is 12.3. The van der Waals surface area contributed by atoms with Crippen molar-refractivity contribution in [3.8, 4) is 0 Å². The van der Waals surface area contributed by atoms with E-state index >= 15 is 0 Å². The Hall–Kier alpha value is -2.11. The fourth-order valence-electron chi connectivity index (χ4n) is 2.67. The van der Waals surface area contributed by atoms with Gasteiger partial charge in [0, 0.05) is 28.7 Å². The minimum Gasteiger partial charge on any atom is -0.355 e. The predicted octanol–water partition coefficient (Wildman–Crippen LogP) is 4.23. The number of nitrogens with zero attached hydrogens (tertiary/aromatic N) is 1. The van der Waals surface area contributed by atoms with Crippen molar-refractivity contribution in [3.63, 3.8) is 0 Å². The number of halogens is 3. The van der Waals surface area contributed by atoms with Crippen LogP contribution in [0.25, 0.3) is 0 Å². The first-order valence-corrected chi connectivity index (χ1v) is 9.34. The molecule has 1 N–H and O–H groups in total. The molecule has 0 aromatic heterocycles. The van der Waals surface area contributed by atoms with E-state index in [-0.39, 0.29) is 29.5 Å². The zero-order valence-electron chi connectivity index (χ0n) is 15.1. The first-order chi connectivity index (χ1) is 12.8. The van der Waals surface area contributed by atoms with Crippen molar-refractivity contribution in [2.75, 3.05) is 6.54 Å². The number of amides is 2. The molecule has 0 bridgehead atoms. The van der Waals surface area contributed by atoms with Gasteiger partial charge >= 0.3 is 0 Å². The molecule has 0 fully saturated rings. The Labute approximate surface area is 168 Å². The summed E-state index contributed by atoms with van der Waals surface area (Å²) in [5, 5.41) is 3.36. The second-order valence-electron chi connectivity index (χ2n) is 6.06. The van der Waals surface area contributed by atoms with Crippen molar-refractivity contribution in [2.24, 2.45) is 0 Å².